The molecule has 3 aromatic carbocycles. The number of nitrogens with zero attached hydrogens (tertiary/aromatic N) is 12. The van der Waals surface area contributed by atoms with Gasteiger partial charge in [-0.3, -0.25) is 29.0 Å². The molecule has 0 bridgehead atoms. The molecular formula is C98H130N22O6S. The van der Waals surface area contributed by atoms with E-state index in [0.29, 0.717) is 29.1 Å². The Morgan fingerprint density at radius 1 is 0.362 bits per heavy atom. The molecule has 7 aromatic heterocycles. The molecule has 12 heterocycles. The van der Waals surface area contributed by atoms with E-state index in [9.17, 15) is 24.0 Å². The molecule has 5 fully saturated rings. The Morgan fingerprint density at radius 3 is 0.976 bits per heavy atom. The average molecular weight is 1740 g/mol. The fraction of sp³-hybridized carbons (Fsp3) is 0.531. The van der Waals surface area contributed by atoms with Crippen molar-refractivity contribution in [2.45, 2.75) is 232 Å². The van der Waals surface area contributed by atoms with E-state index >= 15 is 0 Å². The van der Waals surface area contributed by atoms with Crippen LogP contribution in [0.3, 0.4) is 0 Å². The summed E-state index contributed by atoms with van der Waals surface area (Å²) in [5.74, 6) is 4.95. The van der Waals surface area contributed by atoms with Crippen molar-refractivity contribution in [2.24, 2.45) is 55.7 Å². The lowest BCUT2D eigenvalue weighted by Gasteiger charge is -2.42. The van der Waals surface area contributed by atoms with Crippen LogP contribution in [0.5, 0.6) is 5.75 Å². The van der Waals surface area contributed by atoms with Gasteiger partial charge < -0.3 is 82.8 Å². The van der Waals surface area contributed by atoms with Gasteiger partial charge in [0.1, 0.15) is 5.75 Å². The molecule has 5 atom stereocenters. The van der Waals surface area contributed by atoms with Crippen molar-refractivity contribution in [3.05, 3.63) is 256 Å². The van der Waals surface area contributed by atoms with Gasteiger partial charge in [-0.1, -0.05) is 136 Å². The number of hydrogen-bond donors (Lipinski definition) is 10. The summed E-state index contributed by atoms with van der Waals surface area (Å²) in [5, 5.41) is 1.11. The number of nitrogens with one attached hydrogen (secondary N) is 5. The van der Waals surface area contributed by atoms with E-state index in [1.807, 2.05) is 72.9 Å². The second-order valence-corrected chi connectivity index (χ2v) is 40.5. The number of ether oxygens (including phenoxy) is 1. The summed E-state index contributed by atoms with van der Waals surface area (Å²) in [6.07, 6.45) is 25.5. The van der Waals surface area contributed by atoms with E-state index in [0.717, 1.165) is 212 Å². The minimum absolute atomic E-state index is 0.0133. The van der Waals surface area contributed by atoms with Gasteiger partial charge in [-0.05, 0) is 211 Å². The van der Waals surface area contributed by atoms with E-state index in [4.69, 9.17) is 33.4 Å². The fourth-order valence-corrected chi connectivity index (χ4v) is 22.9. The van der Waals surface area contributed by atoms with Crippen LogP contribution in [-0.4, -0.2) is 132 Å². The topological polar surface area (TPSA) is 410 Å². The maximum Gasteiger partial charge on any atom is 0.291 e. The van der Waals surface area contributed by atoms with E-state index in [1.54, 1.807) is 49.4 Å². The predicted molar refractivity (Wildman–Crippen MR) is 504 cm³/mol. The number of fused-ring (bicyclic) bond motifs is 5. The molecule has 5 aliphatic carbocycles. The molecule has 10 aliphatic rings. The van der Waals surface area contributed by atoms with Crippen LogP contribution >= 0.6 is 11.3 Å². The molecule has 5 saturated heterocycles. The third-order valence-corrected chi connectivity index (χ3v) is 31.2. The number of aromatic nitrogens is 12. The van der Waals surface area contributed by atoms with Crippen molar-refractivity contribution in [3.63, 3.8) is 0 Å². The lowest BCUT2D eigenvalue weighted by molar-refractivity contribution is 0.186. The van der Waals surface area contributed by atoms with Gasteiger partial charge >= 0.3 is 0 Å². The number of hydrogen-bond acceptors (Lipinski definition) is 24. The Bertz CT molecular complexity index is 5570. The Morgan fingerprint density at radius 2 is 0.661 bits per heavy atom. The van der Waals surface area contributed by atoms with Crippen LogP contribution in [0, 0.1) is 34.0 Å². The molecule has 5 spiro atoms. The first-order valence-electron chi connectivity index (χ1n) is 46.0. The first kappa shape index (κ1) is 89.8. The van der Waals surface area contributed by atoms with Gasteiger partial charge in [-0.2, -0.15) is 0 Å². The minimum Gasteiger partial charge on any atom is -0.496 e. The maximum atomic E-state index is 12.5. The number of methoxy groups -OCH3 is 1. The minimum atomic E-state index is -0.0992. The Labute approximate surface area is 748 Å². The lowest BCUT2D eigenvalue weighted by Crippen LogP contribution is -2.46. The largest absolute Gasteiger partial charge is 0.496 e. The molecule has 15 N–H and O–H groups in total. The molecule has 10 aromatic rings. The van der Waals surface area contributed by atoms with E-state index in [1.165, 1.54) is 43.8 Å². The molecule has 5 aliphatic heterocycles. The van der Waals surface area contributed by atoms with Crippen molar-refractivity contribution in [1.29, 1.82) is 0 Å². The quantitative estimate of drug-likeness (QED) is 0.0575. The van der Waals surface area contributed by atoms with Crippen LogP contribution in [0.1, 0.15) is 282 Å². The highest BCUT2D eigenvalue weighted by Crippen LogP contribution is 2.57. The summed E-state index contributed by atoms with van der Waals surface area (Å²) in [7, 11) is 1.72. The molecule has 28 nitrogen and oxygen atoms in total. The summed E-state index contributed by atoms with van der Waals surface area (Å²) >= 11 is 1.78. The van der Waals surface area contributed by atoms with Crippen molar-refractivity contribution >= 4 is 40.4 Å². The van der Waals surface area contributed by atoms with Gasteiger partial charge in [0.05, 0.1) is 23.9 Å². The summed E-state index contributed by atoms with van der Waals surface area (Å²) < 4.78 is 5.55. The van der Waals surface area contributed by atoms with Gasteiger partial charge in [0.25, 0.3) is 27.8 Å². The molecule has 674 valence electrons. The number of thiazole rings is 1. The van der Waals surface area contributed by atoms with Crippen LogP contribution in [0.15, 0.2) is 140 Å². The second kappa shape index (κ2) is 36.5. The van der Waals surface area contributed by atoms with Gasteiger partial charge in [0.2, 0.25) is 0 Å². The standard InChI is InChI=1S/C21H28N4O2.2C20H26N4O.C19H25N5O.C18H25N5OS/c1-13(2)16-12-23-19(20(26)24-16)25-9-7-21(8-10-25)11-15-14(18(21)22)5-4-6-17(15)27-3;2*1-13(2)16-12-22-18(19(25)23-16)24-9-7-20(8-10-24)11-14-5-3-4-6-15(14)17(20)21;1-12(2)15-11-22-17(18(25)23-15)24-8-5-19(6-9-24)10-14-13(16(19)20)4-3-7-21-14;1-10(2)12-9-20-16(17(24)22-12)23-6-4-18(5-7-23)8-13-14(15(18)19)21-11(3)25-13/h4-6,12-13,18H,7-11,22H2,1-3H3,(H,24,26);2*3-6,12-13,17H,7-11,21H2,1-2H3,(H,23,25);3-4,7,11-12,16H,5-6,8-10,20H2,1-2H3,(H,23,25);9-10,15H,4-8,19H2,1-3H3,(H,22,24)/t18-;2*17-;16-;15-/m11111/s1. The normalized spacial score (nSPS) is 21.6. The highest BCUT2D eigenvalue weighted by Gasteiger charge is 2.52. The second-order valence-electron chi connectivity index (χ2n) is 39.3. The summed E-state index contributed by atoms with van der Waals surface area (Å²) in [6, 6.07) is 27.6. The fourth-order valence-electron chi connectivity index (χ4n) is 21.8. The van der Waals surface area contributed by atoms with Crippen LogP contribution in [0.25, 0.3) is 0 Å². The number of nitrogens with two attached hydrogens (primary N) is 5. The Kier molecular flexibility index (Phi) is 25.8. The zero-order valence-electron chi connectivity index (χ0n) is 76.0. The molecule has 0 saturated carbocycles. The smallest absolute Gasteiger partial charge is 0.291 e. The molecule has 0 amide bonds. The van der Waals surface area contributed by atoms with E-state index in [2.05, 4.69) is 173 Å². The first-order valence-corrected chi connectivity index (χ1v) is 46.9. The van der Waals surface area contributed by atoms with E-state index < -0.39 is 0 Å². The van der Waals surface area contributed by atoms with Crippen molar-refractivity contribution in [3.8, 4) is 5.75 Å². The highest BCUT2D eigenvalue weighted by molar-refractivity contribution is 7.11. The van der Waals surface area contributed by atoms with Crippen molar-refractivity contribution < 1.29 is 4.74 Å². The monoisotopic (exact) mass is 1740 g/mol. The van der Waals surface area contributed by atoms with Gasteiger partial charge in [0, 0.05) is 166 Å². The Hall–Kier alpha value is -10.6. The first-order chi connectivity index (χ1) is 60.8. The number of piperidine rings is 5. The SMILES string of the molecule is CC(C)c1cnc(N2CCC3(CC2)Cc2ccccc2[C@H]3N)c(=O)[nH]1.CC(C)c1cnc(N2CCC3(CC2)Cc2ccccc2[C@H]3N)c(=O)[nH]1.CC(C)c1cnc(N2CCC3(CC2)Cc2ncccc2[C@H]3N)c(=O)[nH]1.COc1cccc2c1CC1(CCN(c3ncc(C(C)C)[nH]c3=O)CC1)[C@@H]2N.Cc1nc2c(s1)CC1(CCN(c3ncc(C(C)C)[nH]c3=O)CC1)[C@@H]2N. The number of aryl methyl sites for hydroxylation is 1. The molecule has 29 heteroatoms. The Balaban J connectivity index is 0.000000117. The predicted octanol–water partition coefficient (Wildman–Crippen LogP) is 12.8. The van der Waals surface area contributed by atoms with E-state index in [-0.39, 0.29) is 115 Å². The summed E-state index contributed by atoms with van der Waals surface area (Å²) in [4.78, 5) is 120. The number of benzene rings is 3. The van der Waals surface area contributed by atoms with Crippen LogP contribution in [0.2, 0.25) is 0 Å². The van der Waals surface area contributed by atoms with Gasteiger partial charge in [0.15, 0.2) is 29.1 Å². The molecule has 0 radical (unpaired) electrons. The highest BCUT2D eigenvalue weighted by atomic mass is 32.1. The number of pyridine rings is 1. The molecule has 0 unspecified atom stereocenters. The molecule has 20 rings (SSSR count). The maximum absolute atomic E-state index is 12.5. The zero-order chi connectivity index (χ0) is 89.8. The third kappa shape index (κ3) is 17.6. The van der Waals surface area contributed by atoms with Gasteiger partial charge in [-0.25, -0.2) is 29.9 Å². The number of anilines is 5. The molecule has 127 heavy (non-hydrogen) atoms. The summed E-state index contributed by atoms with van der Waals surface area (Å²) in [6.45, 7) is 30.7. The van der Waals surface area contributed by atoms with Crippen molar-refractivity contribution in [2.75, 3.05) is 97.1 Å². The third-order valence-electron chi connectivity index (χ3n) is 30.2. The van der Waals surface area contributed by atoms with Crippen LogP contribution < -0.4 is 85.7 Å². The number of aromatic amines is 5. The number of H-pyrrole nitrogens is 5. The van der Waals surface area contributed by atoms with Crippen LogP contribution in [0.4, 0.5) is 29.1 Å². The molecular weight excluding hydrogens is 1610 g/mol. The van der Waals surface area contributed by atoms with Gasteiger partial charge in [-0.15, -0.1) is 11.3 Å². The summed E-state index contributed by atoms with van der Waals surface area (Å²) in [5.41, 5.74) is 48.8. The van der Waals surface area contributed by atoms with Crippen LogP contribution in [-0.2, 0) is 32.1 Å². The van der Waals surface area contributed by atoms with Crippen molar-refractivity contribution in [1.82, 2.24) is 59.8 Å². The number of rotatable bonds is 11. The average Bonchev–Trinajstić information content (AvgIpc) is 1.56. The zero-order valence-corrected chi connectivity index (χ0v) is 76.8. The lowest BCUT2D eigenvalue weighted by atomic mass is 9.73.